The zero-order valence-corrected chi connectivity index (χ0v) is 27.3. The number of rotatable bonds is 15. The van der Waals surface area contributed by atoms with Crippen LogP contribution >= 0.6 is 0 Å². The third-order valence-electron chi connectivity index (χ3n) is 8.05. The third-order valence-corrected chi connectivity index (χ3v) is 8.05. The van der Waals surface area contributed by atoms with Crippen molar-refractivity contribution in [3.63, 3.8) is 0 Å². The van der Waals surface area contributed by atoms with Crippen LogP contribution in [0.2, 0.25) is 0 Å². The van der Waals surface area contributed by atoms with Crippen molar-refractivity contribution >= 4 is 11.8 Å². The number of benzene rings is 3. The molecule has 0 unspecified atom stereocenters. The molecule has 0 radical (unpaired) electrons. The van der Waals surface area contributed by atoms with Crippen molar-refractivity contribution in [3.8, 4) is 34.4 Å². The summed E-state index contributed by atoms with van der Waals surface area (Å²) in [6.07, 6.45) is 1.98. The SMILES string of the molecule is COc1ccc(CCN(C(=O)Cn2nnc(-c3ccc(OC)c(OC)c3)n2)[C@H](C(=O)NC[C@H]2CCCO2)c2ccc(F)cc2)cc1OC. The second-order valence-corrected chi connectivity index (χ2v) is 11.1. The Morgan fingerprint density at radius 2 is 1.65 bits per heavy atom. The predicted octanol–water partition coefficient (Wildman–Crippen LogP) is 3.62. The summed E-state index contributed by atoms with van der Waals surface area (Å²) in [7, 11) is 6.16. The Hall–Kier alpha value is -5.24. The number of nitrogens with zero attached hydrogens (tertiary/aromatic N) is 5. The van der Waals surface area contributed by atoms with Crippen molar-refractivity contribution in [2.24, 2.45) is 0 Å². The Balaban J connectivity index is 1.44. The number of hydrogen-bond acceptors (Lipinski definition) is 10. The van der Waals surface area contributed by atoms with Gasteiger partial charge in [-0.1, -0.05) is 18.2 Å². The summed E-state index contributed by atoms with van der Waals surface area (Å²) in [4.78, 5) is 30.7. The highest BCUT2D eigenvalue weighted by Gasteiger charge is 2.33. The fourth-order valence-electron chi connectivity index (χ4n) is 5.53. The van der Waals surface area contributed by atoms with Crippen molar-refractivity contribution in [1.29, 1.82) is 0 Å². The molecule has 1 aliphatic heterocycles. The van der Waals surface area contributed by atoms with Crippen LogP contribution in [0.15, 0.2) is 60.7 Å². The molecule has 5 rings (SSSR count). The smallest absolute Gasteiger partial charge is 0.247 e. The Bertz CT molecular complexity index is 1690. The molecule has 14 heteroatoms. The van der Waals surface area contributed by atoms with E-state index in [1.54, 1.807) is 38.5 Å². The van der Waals surface area contributed by atoms with E-state index >= 15 is 0 Å². The number of hydrogen-bond donors (Lipinski definition) is 1. The molecule has 3 aromatic carbocycles. The zero-order chi connectivity index (χ0) is 34.0. The van der Waals surface area contributed by atoms with E-state index in [2.05, 4.69) is 20.7 Å². The molecule has 1 saturated heterocycles. The summed E-state index contributed by atoms with van der Waals surface area (Å²) in [5.74, 6) is 1.06. The lowest BCUT2D eigenvalue weighted by atomic mass is 10.0. The Labute approximate surface area is 277 Å². The first-order chi connectivity index (χ1) is 23.3. The molecule has 0 bridgehead atoms. The van der Waals surface area contributed by atoms with Crippen LogP contribution in [-0.4, -0.2) is 91.2 Å². The fourth-order valence-corrected chi connectivity index (χ4v) is 5.53. The molecule has 0 saturated carbocycles. The summed E-state index contributed by atoms with van der Waals surface area (Å²) in [6.45, 7) is 0.728. The summed E-state index contributed by atoms with van der Waals surface area (Å²) < 4.78 is 41.3. The quantitative estimate of drug-likeness (QED) is 0.201. The van der Waals surface area contributed by atoms with Gasteiger partial charge in [0.25, 0.3) is 0 Å². The van der Waals surface area contributed by atoms with Gasteiger partial charge in [0.15, 0.2) is 23.0 Å². The van der Waals surface area contributed by atoms with Gasteiger partial charge < -0.3 is 33.9 Å². The molecule has 2 atom stereocenters. The van der Waals surface area contributed by atoms with E-state index in [-0.39, 0.29) is 31.6 Å². The standard InChI is InChI=1S/C34H39FN6O7/c1-44-27-13-7-22(18-29(27)46-3)15-16-40(32(23-8-11-25(35)12-9-23)34(43)36-20-26-6-5-17-48-26)31(42)21-41-38-33(37-39-41)24-10-14-28(45-2)30(19-24)47-4/h7-14,18-19,26,32H,5-6,15-17,20-21H2,1-4H3,(H,36,43)/t26-,32+/m1/s1. The van der Waals surface area contributed by atoms with E-state index in [0.29, 0.717) is 47.2 Å². The van der Waals surface area contributed by atoms with E-state index < -0.39 is 23.7 Å². The molecule has 0 spiro atoms. The maximum atomic E-state index is 14.2. The second-order valence-electron chi connectivity index (χ2n) is 11.1. The van der Waals surface area contributed by atoms with Crippen molar-refractivity contribution in [3.05, 3.63) is 77.6 Å². The molecule has 2 heterocycles. The number of tetrazole rings is 1. The van der Waals surface area contributed by atoms with Crippen LogP contribution in [0.1, 0.15) is 30.0 Å². The van der Waals surface area contributed by atoms with Gasteiger partial charge in [-0.3, -0.25) is 9.59 Å². The van der Waals surface area contributed by atoms with Gasteiger partial charge in [-0.05, 0) is 78.1 Å². The average Bonchev–Trinajstić information content (AvgIpc) is 3.82. The topological polar surface area (TPSA) is 139 Å². The summed E-state index contributed by atoms with van der Waals surface area (Å²) in [5.41, 5.74) is 1.89. The molecule has 1 aromatic heterocycles. The van der Waals surface area contributed by atoms with E-state index in [0.717, 1.165) is 18.4 Å². The number of methoxy groups -OCH3 is 4. The third kappa shape index (κ3) is 8.18. The van der Waals surface area contributed by atoms with Gasteiger partial charge in [0.05, 0.1) is 34.5 Å². The first-order valence-corrected chi connectivity index (χ1v) is 15.5. The number of nitrogens with one attached hydrogen (secondary N) is 1. The van der Waals surface area contributed by atoms with E-state index in [4.69, 9.17) is 23.7 Å². The van der Waals surface area contributed by atoms with Gasteiger partial charge in [0.2, 0.25) is 17.6 Å². The minimum atomic E-state index is -1.09. The Kier molecular flexibility index (Phi) is 11.4. The van der Waals surface area contributed by atoms with Crippen molar-refractivity contribution in [1.82, 2.24) is 30.4 Å². The van der Waals surface area contributed by atoms with Crippen LogP contribution in [0.4, 0.5) is 4.39 Å². The number of carbonyl (C=O) groups excluding carboxylic acids is 2. The van der Waals surface area contributed by atoms with Gasteiger partial charge in [-0.25, -0.2) is 4.39 Å². The lowest BCUT2D eigenvalue weighted by Crippen LogP contribution is -2.47. The number of halogens is 1. The Morgan fingerprint density at radius 1 is 0.958 bits per heavy atom. The molecule has 48 heavy (non-hydrogen) atoms. The summed E-state index contributed by atoms with van der Waals surface area (Å²) in [6, 6.07) is 15.1. The molecule has 1 fully saturated rings. The molecule has 0 aliphatic carbocycles. The van der Waals surface area contributed by atoms with Crippen LogP contribution in [0, 0.1) is 5.82 Å². The van der Waals surface area contributed by atoms with Gasteiger partial charge >= 0.3 is 0 Å². The molecule has 254 valence electrons. The number of ether oxygens (including phenoxy) is 5. The maximum absolute atomic E-state index is 14.2. The minimum Gasteiger partial charge on any atom is -0.493 e. The highest BCUT2D eigenvalue weighted by molar-refractivity contribution is 5.88. The monoisotopic (exact) mass is 662 g/mol. The molecule has 13 nitrogen and oxygen atoms in total. The van der Waals surface area contributed by atoms with Gasteiger partial charge in [-0.2, -0.15) is 4.80 Å². The summed E-state index contributed by atoms with van der Waals surface area (Å²) >= 11 is 0. The van der Waals surface area contributed by atoms with E-state index in [1.165, 1.54) is 48.2 Å². The van der Waals surface area contributed by atoms with E-state index in [9.17, 15) is 14.0 Å². The lowest BCUT2D eigenvalue weighted by molar-refractivity contribution is -0.141. The van der Waals surface area contributed by atoms with Crippen LogP contribution in [0.5, 0.6) is 23.0 Å². The molecular formula is C34H39FN6O7. The average molecular weight is 663 g/mol. The number of aromatic nitrogens is 4. The fraction of sp³-hybridized carbons (Fsp3) is 0.382. The lowest BCUT2D eigenvalue weighted by Gasteiger charge is -2.32. The summed E-state index contributed by atoms with van der Waals surface area (Å²) in [5, 5.41) is 15.6. The van der Waals surface area contributed by atoms with Gasteiger partial charge in [0, 0.05) is 25.3 Å². The van der Waals surface area contributed by atoms with E-state index in [1.807, 2.05) is 12.1 Å². The normalized spacial score (nSPS) is 14.6. The van der Waals surface area contributed by atoms with Gasteiger partial charge in [-0.15, -0.1) is 10.2 Å². The molecule has 2 amide bonds. The van der Waals surface area contributed by atoms with Crippen LogP contribution in [0.3, 0.4) is 0 Å². The van der Waals surface area contributed by atoms with Crippen molar-refractivity contribution in [2.75, 3.05) is 48.1 Å². The van der Waals surface area contributed by atoms with Crippen molar-refractivity contribution < 1.29 is 37.7 Å². The first kappa shape index (κ1) is 34.1. The van der Waals surface area contributed by atoms with Crippen LogP contribution in [0.25, 0.3) is 11.4 Å². The van der Waals surface area contributed by atoms with Crippen LogP contribution < -0.4 is 24.3 Å². The number of amides is 2. The minimum absolute atomic E-state index is 0.118. The van der Waals surface area contributed by atoms with Gasteiger partial charge in [0.1, 0.15) is 18.4 Å². The number of carbonyl (C=O) groups is 2. The maximum Gasteiger partial charge on any atom is 0.247 e. The van der Waals surface area contributed by atoms with Crippen LogP contribution in [-0.2, 0) is 27.3 Å². The second kappa shape index (κ2) is 16.0. The zero-order valence-electron chi connectivity index (χ0n) is 27.3. The molecule has 1 aliphatic rings. The highest BCUT2D eigenvalue weighted by atomic mass is 19.1. The first-order valence-electron chi connectivity index (χ1n) is 15.5. The predicted molar refractivity (Wildman–Crippen MR) is 172 cm³/mol. The molecular weight excluding hydrogens is 623 g/mol. The Morgan fingerprint density at radius 3 is 2.31 bits per heavy atom. The highest BCUT2D eigenvalue weighted by Crippen LogP contribution is 2.31. The van der Waals surface area contributed by atoms with Crippen molar-refractivity contribution in [2.45, 2.75) is 38.0 Å². The largest absolute Gasteiger partial charge is 0.493 e. The molecule has 1 N–H and O–H groups in total. The molecule has 4 aromatic rings.